The van der Waals surface area contributed by atoms with E-state index in [2.05, 4.69) is 19.9 Å². The monoisotopic (exact) mass is 328 g/mol. The Labute approximate surface area is 142 Å². The first-order chi connectivity index (χ1) is 11.8. The van der Waals surface area contributed by atoms with Crippen LogP contribution in [0.15, 0.2) is 34.9 Å². The molecule has 24 heavy (non-hydrogen) atoms. The van der Waals surface area contributed by atoms with Crippen LogP contribution < -0.4 is 4.90 Å². The predicted molar refractivity (Wildman–Crippen MR) is 91.7 cm³/mol. The van der Waals surface area contributed by atoms with Gasteiger partial charge in [0.15, 0.2) is 0 Å². The van der Waals surface area contributed by atoms with Crippen LogP contribution in [0.1, 0.15) is 19.3 Å². The molecular weight excluding hydrogens is 304 g/mol. The van der Waals surface area contributed by atoms with E-state index in [0.717, 1.165) is 44.1 Å². The summed E-state index contributed by atoms with van der Waals surface area (Å²) in [6.45, 7) is 4.11. The number of piperazine rings is 1. The highest BCUT2D eigenvalue weighted by Gasteiger charge is 2.33. The fourth-order valence-electron chi connectivity index (χ4n) is 3.41. The highest BCUT2D eigenvalue weighted by molar-refractivity contribution is 5.55. The Hall–Kier alpha value is -1.92. The molecule has 2 aromatic rings. The SMILES string of the molecule is OCCC1CN(c2nc(-c3ccccc3)no2)CCN1CC1CC1. The third-order valence-corrected chi connectivity index (χ3v) is 4.97. The number of nitrogens with zero attached hydrogens (tertiary/aromatic N) is 4. The summed E-state index contributed by atoms with van der Waals surface area (Å²) in [5, 5.41) is 13.5. The average Bonchev–Trinajstić information content (AvgIpc) is 3.30. The van der Waals surface area contributed by atoms with E-state index in [1.165, 1.54) is 12.8 Å². The molecule has 1 atom stereocenters. The molecular formula is C18H24N4O2. The second kappa shape index (κ2) is 6.91. The number of hydrogen-bond acceptors (Lipinski definition) is 6. The molecule has 128 valence electrons. The Morgan fingerprint density at radius 1 is 1.17 bits per heavy atom. The van der Waals surface area contributed by atoms with Crippen molar-refractivity contribution in [2.45, 2.75) is 25.3 Å². The summed E-state index contributed by atoms with van der Waals surface area (Å²) in [7, 11) is 0. The summed E-state index contributed by atoms with van der Waals surface area (Å²) < 4.78 is 5.50. The number of aromatic nitrogens is 2. The first-order valence-electron chi connectivity index (χ1n) is 8.82. The van der Waals surface area contributed by atoms with Crippen LogP contribution in [0.3, 0.4) is 0 Å². The smallest absolute Gasteiger partial charge is 0.324 e. The van der Waals surface area contributed by atoms with Gasteiger partial charge in [0.25, 0.3) is 0 Å². The molecule has 6 heteroatoms. The summed E-state index contributed by atoms with van der Waals surface area (Å²) in [5.41, 5.74) is 0.965. The second-order valence-corrected chi connectivity index (χ2v) is 6.82. The first-order valence-corrected chi connectivity index (χ1v) is 8.82. The van der Waals surface area contributed by atoms with Gasteiger partial charge in [0.1, 0.15) is 0 Å². The molecule has 1 unspecified atom stereocenters. The van der Waals surface area contributed by atoms with Crippen molar-refractivity contribution in [2.24, 2.45) is 5.92 Å². The zero-order chi connectivity index (χ0) is 16.4. The molecule has 1 aromatic heterocycles. The lowest BCUT2D eigenvalue weighted by molar-refractivity contribution is 0.134. The van der Waals surface area contributed by atoms with Crippen LogP contribution in [-0.2, 0) is 0 Å². The molecule has 1 saturated heterocycles. The minimum atomic E-state index is 0.221. The van der Waals surface area contributed by atoms with Gasteiger partial charge >= 0.3 is 6.01 Å². The van der Waals surface area contributed by atoms with Crippen LogP contribution in [0, 0.1) is 5.92 Å². The average molecular weight is 328 g/mol. The normalized spacial score (nSPS) is 22.0. The van der Waals surface area contributed by atoms with E-state index in [9.17, 15) is 5.11 Å². The molecule has 1 saturated carbocycles. The molecule has 1 N–H and O–H groups in total. The Balaban J connectivity index is 1.45. The molecule has 2 aliphatic rings. The standard InChI is InChI=1S/C18H24N4O2/c23-11-8-16-13-22(10-9-21(16)12-14-6-7-14)18-19-17(20-24-18)15-4-2-1-3-5-15/h1-5,14,16,23H,6-13H2. The lowest BCUT2D eigenvalue weighted by atomic mass is 10.1. The number of aliphatic hydroxyl groups is 1. The van der Waals surface area contributed by atoms with Crippen LogP contribution in [0.5, 0.6) is 0 Å². The van der Waals surface area contributed by atoms with E-state index in [0.29, 0.717) is 17.9 Å². The maximum Gasteiger partial charge on any atom is 0.324 e. The van der Waals surface area contributed by atoms with E-state index in [4.69, 9.17) is 4.52 Å². The molecule has 0 spiro atoms. The van der Waals surface area contributed by atoms with Gasteiger partial charge in [-0.05, 0) is 25.2 Å². The predicted octanol–water partition coefficient (Wildman–Crippen LogP) is 2.02. The van der Waals surface area contributed by atoms with Gasteiger partial charge in [-0.25, -0.2) is 0 Å². The summed E-state index contributed by atoms with van der Waals surface area (Å²) in [6.07, 6.45) is 3.51. The Morgan fingerprint density at radius 2 is 2.00 bits per heavy atom. The van der Waals surface area contributed by atoms with Crippen LogP contribution in [0.2, 0.25) is 0 Å². The number of aliphatic hydroxyl groups excluding tert-OH is 1. The molecule has 0 radical (unpaired) electrons. The van der Waals surface area contributed by atoms with E-state index in [-0.39, 0.29) is 6.61 Å². The van der Waals surface area contributed by atoms with Crippen molar-refractivity contribution in [3.8, 4) is 11.4 Å². The van der Waals surface area contributed by atoms with Gasteiger partial charge in [0, 0.05) is 44.4 Å². The molecule has 1 aliphatic heterocycles. The topological polar surface area (TPSA) is 65.6 Å². The number of rotatable bonds is 6. The maximum atomic E-state index is 9.40. The Morgan fingerprint density at radius 3 is 2.75 bits per heavy atom. The largest absolute Gasteiger partial charge is 0.396 e. The van der Waals surface area contributed by atoms with Gasteiger partial charge < -0.3 is 14.5 Å². The summed E-state index contributed by atoms with van der Waals surface area (Å²) in [6, 6.07) is 10.8. The molecule has 6 nitrogen and oxygen atoms in total. The third-order valence-electron chi connectivity index (χ3n) is 4.97. The van der Waals surface area contributed by atoms with E-state index >= 15 is 0 Å². The van der Waals surface area contributed by atoms with Crippen LogP contribution in [-0.4, -0.2) is 59.0 Å². The molecule has 0 amide bonds. The maximum absolute atomic E-state index is 9.40. The van der Waals surface area contributed by atoms with Crippen molar-refractivity contribution in [3.05, 3.63) is 30.3 Å². The van der Waals surface area contributed by atoms with Crippen molar-refractivity contribution >= 4 is 6.01 Å². The number of hydrogen-bond donors (Lipinski definition) is 1. The van der Waals surface area contributed by atoms with Crippen molar-refractivity contribution in [1.29, 1.82) is 0 Å². The summed E-state index contributed by atoms with van der Waals surface area (Å²) in [5.74, 6) is 1.50. The van der Waals surface area contributed by atoms with E-state index in [1.807, 2.05) is 30.3 Å². The van der Waals surface area contributed by atoms with E-state index < -0.39 is 0 Å². The highest BCUT2D eigenvalue weighted by Crippen LogP contribution is 2.32. The summed E-state index contributed by atoms with van der Waals surface area (Å²) in [4.78, 5) is 9.25. The summed E-state index contributed by atoms with van der Waals surface area (Å²) >= 11 is 0. The van der Waals surface area contributed by atoms with Gasteiger partial charge in [-0.3, -0.25) is 4.90 Å². The first kappa shape index (κ1) is 15.6. The Kier molecular flexibility index (Phi) is 4.49. The van der Waals surface area contributed by atoms with Crippen LogP contribution in [0.4, 0.5) is 6.01 Å². The molecule has 1 aliphatic carbocycles. The Bertz CT molecular complexity index is 656. The lowest BCUT2D eigenvalue weighted by Crippen LogP contribution is -2.54. The van der Waals surface area contributed by atoms with Gasteiger partial charge in [-0.15, -0.1) is 0 Å². The highest BCUT2D eigenvalue weighted by atomic mass is 16.5. The van der Waals surface area contributed by atoms with Crippen molar-refractivity contribution < 1.29 is 9.63 Å². The van der Waals surface area contributed by atoms with Crippen LogP contribution in [0.25, 0.3) is 11.4 Å². The quantitative estimate of drug-likeness (QED) is 0.875. The zero-order valence-electron chi connectivity index (χ0n) is 13.8. The van der Waals surface area contributed by atoms with Crippen molar-refractivity contribution in [2.75, 3.05) is 37.7 Å². The van der Waals surface area contributed by atoms with Crippen LogP contribution >= 0.6 is 0 Å². The molecule has 2 fully saturated rings. The fourth-order valence-corrected chi connectivity index (χ4v) is 3.41. The van der Waals surface area contributed by atoms with Gasteiger partial charge in [-0.1, -0.05) is 35.5 Å². The fraction of sp³-hybridized carbons (Fsp3) is 0.556. The molecule has 2 heterocycles. The van der Waals surface area contributed by atoms with Gasteiger partial charge in [-0.2, -0.15) is 4.98 Å². The molecule has 4 rings (SSSR count). The minimum absolute atomic E-state index is 0.221. The van der Waals surface area contributed by atoms with E-state index in [1.54, 1.807) is 0 Å². The third kappa shape index (κ3) is 3.44. The van der Waals surface area contributed by atoms with Gasteiger partial charge in [0.2, 0.25) is 5.82 Å². The lowest BCUT2D eigenvalue weighted by Gasteiger charge is -2.40. The van der Waals surface area contributed by atoms with Crippen molar-refractivity contribution in [3.63, 3.8) is 0 Å². The second-order valence-electron chi connectivity index (χ2n) is 6.82. The van der Waals surface area contributed by atoms with Crippen molar-refractivity contribution in [1.82, 2.24) is 15.0 Å². The van der Waals surface area contributed by atoms with Gasteiger partial charge in [0.05, 0.1) is 0 Å². The minimum Gasteiger partial charge on any atom is -0.396 e. The number of anilines is 1. The molecule has 0 bridgehead atoms. The molecule has 1 aromatic carbocycles. The number of benzene rings is 1. The zero-order valence-corrected chi connectivity index (χ0v) is 13.8.